The predicted octanol–water partition coefficient (Wildman–Crippen LogP) is 3.38. The average molecular weight is 242 g/mol. The quantitative estimate of drug-likeness (QED) is 0.635. The van der Waals surface area contributed by atoms with Crippen LogP contribution in [0, 0.1) is 11.5 Å². The van der Waals surface area contributed by atoms with E-state index in [0.717, 1.165) is 18.4 Å². The number of fused-ring (bicyclic) bond motifs is 1. The van der Waals surface area contributed by atoms with Crippen molar-refractivity contribution >= 4 is 19.0 Å². The molecule has 2 rings (SSSR count). The Bertz CT molecular complexity index is 567. The van der Waals surface area contributed by atoms with Gasteiger partial charge in [0.2, 0.25) is 0 Å². The summed E-state index contributed by atoms with van der Waals surface area (Å²) >= 11 is 0. The molecule has 17 heavy (non-hydrogen) atoms. The lowest BCUT2D eigenvalue weighted by Gasteiger charge is -2.03. The topological polar surface area (TPSA) is 28.7 Å². The number of benzene rings is 1. The van der Waals surface area contributed by atoms with Crippen LogP contribution in [0.25, 0.3) is 10.9 Å². The fourth-order valence-corrected chi connectivity index (χ4v) is 2.43. The van der Waals surface area contributed by atoms with E-state index in [-0.39, 0.29) is 0 Å². The predicted molar refractivity (Wildman–Crippen MR) is 75.5 cm³/mol. The molecule has 88 valence electrons. The average Bonchev–Trinajstić information content (AvgIpc) is 2.71. The molecule has 0 saturated carbocycles. The number of aromatic nitrogens is 2. The Hall–Kier alpha value is -1.53. The van der Waals surface area contributed by atoms with Gasteiger partial charge in [-0.3, -0.25) is 5.10 Å². The van der Waals surface area contributed by atoms with E-state index in [4.69, 9.17) is 0 Å². The SMILES string of the molecule is C[Si](C)(C)C#CCCc1cccc2[nH]ncc12. The van der Waals surface area contributed by atoms with Crippen molar-refractivity contribution < 1.29 is 0 Å². The van der Waals surface area contributed by atoms with E-state index >= 15 is 0 Å². The first kappa shape index (κ1) is 11.9. The minimum Gasteiger partial charge on any atom is -0.278 e. The Labute approximate surface area is 103 Å². The third-order valence-electron chi connectivity index (χ3n) is 2.56. The minimum absolute atomic E-state index is 0.939. The molecular formula is C14H18N2Si. The van der Waals surface area contributed by atoms with Crippen molar-refractivity contribution in [2.24, 2.45) is 0 Å². The molecule has 1 aromatic heterocycles. The number of nitrogens with zero attached hydrogens (tertiary/aromatic N) is 1. The Balaban J connectivity index is 2.09. The lowest BCUT2D eigenvalue weighted by Crippen LogP contribution is -2.16. The maximum Gasteiger partial charge on any atom is 0.129 e. The largest absolute Gasteiger partial charge is 0.278 e. The molecule has 2 aromatic rings. The Kier molecular flexibility index (Phi) is 3.35. The Morgan fingerprint density at radius 3 is 2.88 bits per heavy atom. The molecular weight excluding hydrogens is 224 g/mol. The Morgan fingerprint density at radius 2 is 2.12 bits per heavy atom. The van der Waals surface area contributed by atoms with Crippen molar-refractivity contribution in [3.05, 3.63) is 30.0 Å². The summed E-state index contributed by atoms with van der Waals surface area (Å²) in [6.45, 7) is 6.82. The molecule has 0 amide bonds. The van der Waals surface area contributed by atoms with Gasteiger partial charge in [-0.25, -0.2) is 0 Å². The molecule has 0 aliphatic heterocycles. The second-order valence-corrected chi connectivity index (χ2v) is 10.1. The molecule has 0 aliphatic rings. The summed E-state index contributed by atoms with van der Waals surface area (Å²) in [6, 6.07) is 6.29. The smallest absolute Gasteiger partial charge is 0.129 e. The van der Waals surface area contributed by atoms with Gasteiger partial charge in [0.25, 0.3) is 0 Å². The van der Waals surface area contributed by atoms with Crippen LogP contribution in [-0.4, -0.2) is 18.3 Å². The van der Waals surface area contributed by atoms with E-state index in [1.807, 2.05) is 6.20 Å². The lowest BCUT2D eigenvalue weighted by atomic mass is 10.1. The Morgan fingerprint density at radius 1 is 1.29 bits per heavy atom. The van der Waals surface area contributed by atoms with E-state index in [2.05, 4.69) is 59.5 Å². The van der Waals surface area contributed by atoms with Gasteiger partial charge in [0.05, 0.1) is 11.7 Å². The van der Waals surface area contributed by atoms with Crippen LogP contribution in [0.4, 0.5) is 0 Å². The third-order valence-corrected chi connectivity index (χ3v) is 3.48. The normalized spacial score (nSPS) is 11.2. The fourth-order valence-electron chi connectivity index (χ4n) is 1.77. The van der Waals surface area contributed by atoms with E-state index < -0.39 is 8.07 Å². The number of aromatic amines is 1. The maximum atomic E-state index is 4.08. The first-order chi connectivity index (χ1) is 8.06. The molecule has 0 unspecified atom stereocenters. The van der Waals surface area contributed by atoms with Gasteiger partial charge >= 0.3 is 0 Å². The van der Waals surface area contributed by atoms with Crippen LogP contribution in [0.3, 0.4) is 0 Å². The highest BCUT2D eigenvalue weighted by Crippen LogP contribution is 2.17. The summed E-state index contributed by atoms with van der Waals surface area (Å²) in [5.74, 6) is 3.31. The molecule has 0 saturated heterocycles. The second-order valence-electron chi connectivity index (χ2n) is 5.30. The van der Waals surface area contributed by atoms with Crippen molar-refractivity contribution in [1.29, 1.82) is 0 Å². The van der Waals surface area contributed by atoms with Crippen LogP contribution in [0.1, 0.15) is 12.0 Å². The van der Waals surface area contributed by atoms with Crippen LogP contribution in [0.2, 0.25) is 19.6 Å². The number of nitrogens with one attached hydrogen (secondary N) is 1. The molecule has 0 spiro atoms. The fraction of sp³-hybridized carbons (Fsp3) is 0.357. The van der Waals surface area contributed by atoms with Crippen molar-refractivity contribution in [3.8, 4) is 11.5 Å². The summed E-state index contributed by atoms with van der Waals surface area (Å²) < 4.78 is 0. The van der Waals surface area contributed by atoms with Gasteiger partial charge in [0.1, 0.15) is 8.07 Å². The van der Waals surface area contributed by atoms with E-state index in [0.29, 0.717) is 0 Å². The summed E-state index contributed by atoms with van der Waals surface area (Å²) in [5, 5.41) is 8.30. The molecule has 1 aromatic carbocycles. The highest BCUT2D eigenvalue weighted by atomic mass is 28.3. The van der Waals surface area contributed by atoms with Crippen LogP contribution >= 0.6 is 0 Å². The van der Waals surface area contributed by atoms with Gasteiger partial charge in [0.15, 0.2) is 0 Å². The summed E-state index contributed by atoms with van der Waals surface area (Å²) in [7, 11) is -1.22. The molecule has 1 heterocycles. The third kappa shape index (κ3) is 3.21. The number of aryl methyl sites for hydroxylation is 1. The maximum absolute atomic E-state index is 4.08. The first-order valence-electron chi connectivity index (χ1n) is 5.97. The number of H-pyrrole nitrogens is 1. The molecule has 0 fully saturated rings. The highest BCUT2D eigenvalue weighted by Gasteiger charge is 2.07. The number of rotatable bonds is 2. The van der Waals surface area contributed by atoms with Crippen LogP contribution in [0.5, 0.6) is 0 Å². The molecule has 0 atom stereocenters. The van der Waals surface area contributed by atoms with E-state index in [1.165, 1.54) is 10.9 Å². The van der Waals surface area contributed by atoms with Gasteiger partial charge in [0, 0.05) is 11.8 Å². The van der Waals surface area contributed by atoms with Crippen LogP contribution in [-0.2, 0) is 6.42 Å². The van der Waals surface area contributed by atoms with Crippen LogP contribution < -0.4 is 0 Å². The van der Waals surface area contributed by atoms with Gasteiger partial charge in [-0.1, -0.05) is 31.8 Å². The zero-order valence-corrected chi connectivity index (χ0v) is 11.7. The van der Waals surface area contributed by atoms with Crippen molar-refractivity contribution in [3.63, 3.8) is 0 Å². The first-order valence-corrected chi connectivity index (χ1v) is 9.47. The summed E-state index contributed by atoms with van der Waals surface area (Å²) in [4.78, 5) is 0. The van der Waals surface area contributed by atoms with Crippen molar-refractivity contribution in [2.45, 2.75) is 32.5 Å². The molecule has 0 aliphatic carbocycles. The van der Waals surface area contributed by atoms with Crippen molar-refractivity contribution in [1.82, 2.24) is 10.2 Å². The highest BCUT2D eigenvalue weighted by molar-refractivity contribution is 6.83. The molecule has 3 heteroatoms. The van der Waals surface area contributed by atoms with Gasteiger partial charge < -0.3 is 0 Å². The van der Waals surface area contributed by atoms with Crippen LogP contribution in [0.15, 0.2) is 24.4 Å². The van der Waals surface area contributed by atoms with E-state index in [9.17, 15) is 0 Å². The number of hydrogen-bond acceptors (Lipinski definition) is 1. The second kappa shape index (κ2) is 4.76. The minimum atomic E-state index is -1.22. The van der Waals surface area contributed by atoms with Gasteiger partial charge in [-0.2, -0.15) is 5.10 Å². The monoisotopic (exact) mass is 242 g/mol. The summed E-state index contributed by atoms with van der Waals surface area (Å²) in [5.41, 5.74) is 5.85. The zero-order valence-electron chi connectivity index (χ0n) is 10.7. The van der Waals surface area contributed by atoms with E-state index in [1.54, 1.807) is 0 Å². The zero-order chi connectivity index (χ0) is 12.3. The van der Waals surface area contributed by atoms with Gasteiger partial charge in [-0.15, -0.1) is 11.5 Å². The molecule has 0 bridgehead atoms. The molecule has 2 nitrogen and oxygen atoms in total. The molecule has 0 radical (unpaired) electrons. The van der Waals surface area contributed by atoms with Crippen molar-refractivity contribution in [2.75, 3.05) is 0 Å². The standard InChI is InChI=1S/C14H18N2Si/c1-17(2,3)10-5-4-7-12-8-6-9-14-13(12)11-15-16-14/h6,8-9,11H,4,7H2,1-3H3,(H,15,16). The van der Waals surface area contributed by atoms with Gasteiger partial charge in [-0.05, 0) is 18.1 Å². The number of hydrogen-bond donors (Lipinski definition) is 1. The lowest BCUT2D eigenvalue weighted by molar-refractivity contribution is 1.04. The summed E-state index contributed by atoms with van der Waals surface area (Å²) in [6.07, 6.45) is 3.85. The molecule has 1 N–H and O–H groups in total.